The molecule has 0 radical (unpaired) electrons. The Hall–Kier alpha value is -3.90. The Labute approximate surface area is 223 Å². The highest BCUT2D eigenvalue weighted by atomic mass is 16.5. The van der Waals surface area contributed by atoms with E-state index in [0.29, 0.717) is 17.1 Å². The third-order valence-corrected chi connectivity index (χ3v) is 8.52. The summed E-state index contributed by atoms with van der Waals surface area (Å²) in [5.41, 5.74) is 11.8. The SMILES string of the molecule is CCN1CCC2(CC1)CC(Oc1ccccc1CC(=O)O)c1cc(-c3ccc4ccnc(N)c4c3)ccc12. The van der Waals surface area contributed by atoms with Gasteiger partial charge in [-0.15, -0.1) is 0 Å². The van der Waals surface area contributed by atoms with Crippen LogP contribution in [0.5, 0.6) is 5.75 Å². The van der Waals surface area contributed by atoms with Crippen LogP contribution in [0.25, 0.3) is 21.9 Å². The zero-order valence-corrected chi connectivity index (χ0v) is 21.7. The van der Waals surface area contributed by atoms with Crippen LogP contribution in [0.1, 0.15) is 49.0 Å². The maximum absolute atomic E-state index is 11.5. The van der Waals surface area contributed by atoms with Crippen LogP contribution >= 0.6 is 0 Å². The number of rotatable bonds is 6. The van der Waals surface area contributed by atoms with Crippen LogP contribution in [0, 0.1) is 0 Å². The van der Waals surface area contributed by atoms with Gasteiger partial charge in [0.2, 0.25) is 0 Å². The topological polar surface area (TPSA) is 88.7 Å². The molecule has 1 aliphatic heterocycles. The molecule has 3 aromatic carbocycles. The number of para-hydroxylation sites is 1. The summed E-state index contributed by atoms with van der Waals surface area (Å²) in [5.74, 6) is 0.330. The number of aliphatic carboxylic acids is 1. The lowest BCUT2D eigenvalue weighted by Gasteiger charge is -2.40. The number of ether oxygens (including phenoxy) is 1. The summed E-state index contributed by atoms with van der Waals surface area (Å²) < 4.78 is 6.69. The van der Waals surface area contributed by atoms with Crippen molar-refractivity contribution < 1.29 is 14.6 Å². The van der Waals surface area contributed by atoms with Crippen LogP contribution in [0.2, 0.25) is 0 Å². The summed E-state index contributed by atoms with van der Waals surface area (Å²) in [7, 11) is 0. The minimum absolute atomic E-state index is 0.0566. The molecule has 2 aliphatic rings. The van der Waals surface area contributed by atoms with Crippen LogP contribution in [0.15, 0.2) is 72.9 Å². The number of nitrogens with zero attached hydrogens (tertiary/aromatic N) is 2. The fourth-order valence-corrected chi connectivity index (χ4v) is 6.39. The van der Waals surface area contributed by atoms with Crippen LogP contribution in [0.3, 0.4) is 0 Å². The first-order chi connectivity index (χ1) is 18.5. The minimum atomic E-state index is -0.858. The molecular formula is C32H33N3O3. The summed E-state index contributed by atoms with van der Waals surface area (Å²) in [6, 6.07) is 22.6. The minimum Gasteiger partial charge on any atom is -0.485 e. The summed E-state index contributed by atoms with van der Waals surface area (Å²) in [6.07, 6.45) is 4.64. The van der Waals surface area contributed by atoms with Crippen molar-refractivity contribution in [3.63, 3.8) is 0 Å². The van der Waals surface area contributed by atoms with E-state index < -0.39 is 5.97 Å². The second-order valence-corrected chi connectivity index (χ2v) is 10.6. The van der Waals surface area contributed by atoms with Gasteiger partial charge in [-0.2, -0.15) is 0 Å². The van der Waals surface area contributed by atoms with Crippen LogP contribution in [0.4, 0.5) is 5.82 Å². The molecule has 1 fully saturated rings. The number of nitrogens with two attached hydrogens (primary N) is 1. The summed E-state index contributed by atoms with van der Waals surface area (Å²) in [6.45, 7) is 5.46. The molecule has 0 bridgehead atoms. The van der Waals surface area contributed by atoms with Crippen molar-refractivity contribution in [3.05, 3.63) is 89.6 Å². The number of hydrogen-bond acceptors (Lipinski definition) is 5. The van der Waals surface area contributed by atoms with Gasteiger partial charge in [0.25, 0.3) is 0 Å². The number of nitrogen functional groups attached to an aromatic ring is 1. The first kappa shape index (κ1) is 24.4. The first-order valence-electron chi connectivity index (χ1n) is 13.4. The van der Waals surface area contributed by atoms with Crippen LogP contribution in [-0.2, 0) is 16.6 Å². The highest BCUT2D eigenvalue weighted by molar-refractivity contribution is 5.94. The predicted molar refractivity (Wildman–Crippen MR) is 150 cm³/mol. The highest BCUT2D eigenvalue weighted by Gasteiger charge is 2.46. The standard InChI is InChI=1S/C32H33N3O3/c1-2-35-15-12-32(13-16-35)20-29(38-28-6-4-3-5-24(28)19-30(36)37)26-18-23(9-10-27(26)32)22-8-7-21-11-14-34-31(33)25(21)17-22/h3-11,14,17-18,29H,2,12-13,15-16,19-20H2,1H3,(H2,33,34)(H,36,37). The monoisotopic (exact) mass is 507 g/mol. The molecule has 38 heavy (non-hydrogen) atoms. The Morgan fingerprint density at radius 2 is 1.84 bits per heavy atom. The van der Waals surface area contributed by atoms with E-state index in [2.05, 4.69) is 53.2 Å². The number of pyridine rings is 1. The van der Waals surface area contributed by atoms with Gasteiger partial charge >= 0.3 is 5.97 Å². The van der Waals surface area contributed by atoms with Gasteiger partial charge < -0.3 is 20.5 Å². The third kappa shape index (κ3) is 4.39. The maximum atomic E-state index is 11.5. The number of carboxylic acids is 1. The van der Waals surface area contributed by atoms with Gasteiger partial charge in [-0.1, -0.05) is 49.4 Å². The molecule has 3 N–H and O–H groups in total. The van der Waals surface area contributed by atoms with Gasteiger partial charge in [0.05, 0.1) is 6.42 Å². The second-order valence-electron chi connectivity index (χ2n) is 10.6. The van der Waals surface area contributed by atoms with Crippen molar-refractivity contribution in [1.29, 1.82) is 0 Å². The molecule has 6 heteroatoms. The lowest BCUT2D eigenvalue weighted by molar-refractivity contribution is -0.136. The van der Waals surface area contributed by atoms with E-state index in [4.69, 9.17) is 10.5 Å². The quantitative estimate of drug-likeness (QED) is 0.333. The van der Waals surface area contributed by atoms with Crippen LogP contribution < -0.4 is 10.5 Å². The lowest BCUT2D eigenvalue weighted by atomic mass is 9.73. The Balaban J connectivity index is 1.41. The van der Waals surface area contributed by atoms with Crippen molar-refractivity contribution >= 4 is 22.6 Å². The number of hydrogen-bond donors (Lipinski definition) is 2. The van der Waals surface area contributed by atoms with Gasteiger partial charge in [-0.3, -0.25) is 4.79 Å². The molecule has 6 rings (SSSR count). The molecule has 4 aromatic rings. The van der Waals surface area contributed by atoms with Crippen molar-refractivity contribution in [2.75, 3.05) is 25.4 Å². The largest absolute Gasteiger partial charge is 0.485 e. The molecule has 1 spiro atoms. The molecule has 1 aromatic heterocycles. The summed E-state index contributed by atoms with van der Waals surface area (Å²) in [5, 5.41) is 11.5. The zero-order chi connectivity index (χ0) is 26.3. The van der Waals surface area contributed by atoms with Crippen molar-refractivity contribution in [2.45, 2.75) is 44.1 Å². The molecule has 1 saturated heterocycles. The molecule has 194 valence electrons. The van der Waals surface area contributed by atoms with E-state index in [1.165, 1.54) is 11.1 Å². The highest BCUT2D eigenvalue weighted by Crippen LogP contribution is 2.53. The summed E-state index contributed by atoms with van der Waals surface area (Å²) in [4.78, 5) is 18.3. The predicted octanol–water partition coefficient (Wildman–Crippen LogP) is 5.99. The second kappa shape index (κ2) is 9.76. The van der Waals surface area contributed by atoms with Crippen molar-refractivity contribution in [3.8, 4) is 16.9 Å². The average molecular weight is 508 g/mol. The zero-order valence-electron chi connectivity index (χ0n) is 21.7. The number of likely N-dealkylation sites (tertiary alicyclic amines) is 1. The van der Waals surface area contributed by atoms with E-state index >= 15 is 0 Å². The Kier molecular flexibility index (Phi) is 6.28. The van der Waals surface area contributed by atoms with Gasteiger partial charge in [0, 0.05) is 22.6 Å². The molecule has 1 unspecified atom stereocenters. The number of aromatic nitrogens is 1. The van der Waals surface area contributed by atoms with Crippen LogP contribution in [-0.4, -0.2) is 40.6 Å². The molecule has 0 saturated carbocycles. The summed E-state index contributed by atoms with van der Waals surface area (Å²) >= 11 is 0. The average Bonchev–Trinajstić information content (AvgIpc) is 3.22. The number of benzene rings is 3. The molecular weight excluding hydrogens is 474 g/mol. The number of anilines is 1. The lowest BCUT2D eigenvalue weighted by Crippen LogP contribution is -2.41. The van der Waals surface area contributed by atoms with E-state index in [9.17, 15) is 9.90 Å². The van der Waals surface area contributed by atoms with Gasteiger partial charge in [-0.05, 0) is 90.8 Å². The fourth-order valence-electron chi connectivity index (χ4n) is 6.39. The van der Waals surface area contributed by atoms with Crippen molar-refractivity contribution in [1.82, 2.24) is 9.88 Å². The Bertz CT molecular complexity index is 1510. The first-order valence-corrected chi connectivity index (χ1v) is 13.4. The van der Waals surface area contributed by atoms with Crippen molar-refractivity contribution in [2.24, 2.45) is 0 Å². The normalized spacial score (nSPS) is 18.5. The van der Waals surface area contributed by atoms with Gasteiger partial charge in [0.15, 0.2) is 0 Å². The Morgan fingerprint density at radius 3 is 2.63 bits per heavy atom. The molecule has 0 amide bonds. The van der Waals surface area contributed by atoms with Gasteiger partial charge in [-0.25, -0.2) is 4.98 Å². The number of carboxylic acid groups (broad SMARTS) is 1. The van der Waals surface area contributed by atoms with E-state index in [0.717, 1.165) is 60.8 Å². The van der Waals surface area contributed by atoms with E-state index in [-0.39, 0.29) is 17.9 Å². The van der Waals surface area contributed by atoms with E-state index in [1.54, 1.807) is 6.20 Å². The number of carbonyl (C=O) groups is 1. The molecule has 2 heterocycles. The molecule has 1 atom stereocenters. The number of fused-ring (bicyclic) bond motifs is 3. The number of piperidine rings is 1. The maximum Gasteiger partial charge on any atom is 0.307 e. The fraction of sp³-hybridized carbons (Fsp3) is 0.312. The Morgan fingerprint density at radius 1 is 1.08 bits per heavy atom. The third-order valence-electron chi connectivity index (χ3n) is 8.52. The molecule has 6 nitrogen and oxygen atoms in total. The smallest absolute Gasteiger partial charge is 0.307 e. The van der Waals surface area contributed by atoms with Gasteiger partial charge in [0.1, 0.15) is 17.7 Å². The van der Waals surface area contributed by atoms with E-state index in [1.807, 2.05) is 30.3 Å². The molecule has 1 aliphatic carbocycles.